The lowest BCUT2D eigenvalue weighted by Gasteiger charge is -2.25. The van der Waals surface area contributed by atoms with Crippen LogP contribution in [0.4, 0.5) is 0 Å². The van der Waals surface area contributed by atoms with Crippen LogP contribution in [0.15, 0.2) is 0 Å². The molecule has 3 unspecified atom stereocenters. The minimum Gasteiger partial charge on any atom is -0.393 e. The second kappa shape index (κ2) is 8.57. The molecule has 0 heterocycles. The van der Waals surface area contributed by atoms with Crippen LogP contribution in [0.3, 0.4) is 0 Å². The van der Waals surface area contributed by atoms with Gasteiger partial charge in [0.25, 0.3) is 0 Å². The number of aliphatic hydroxyl groups excluding tert-OH is 1. The monoisotopic (exact) mass is 269 g/mol. The molecule has 19 heavy (non-hydrogen) atoms. The third-order valence-electron chi connectivity index (χ3n) is 4.63. The first-order valence-electron chi connectivity index (χ1n) is 8.09. The highest BCUT2D eigenvalue weighted by atomic mass is 16.3. The second-order valence-electron chi connectivity index (χ2n) is 5.83. The number of rotatable bonds is 8. The Hall–Kier alpha value is -0.570. The van der Waals surface area contributed by atoms with E-state index in [4.69, 9.17) is 0 Å². The summed E-state index contributed by atoms with van der Waals surface area (Å²) in [5, 5.41) is 10.1. The fourth-order valence-electron chi connectivity index (χ4n) is 3.37. The molecule has 112 valence electrons. The topological polar surface area (TPSA) is 40.5 Å². The highest BCUT2D eigenvalue weighted by Gasteiger charge is 2.35. The van der Waals surface area contributed by atoms with Crippen LogP contribution in [0.1, 0.15) is 65.7 Å². The SMILES string of the molecule is CCCCCC1C(O)CCC1CC(=O)N(CC)CC. The average molecular weight is 269 g/mol. The summed E-state index contributed by atoms with van der Waals surface area (Å²) in [7, 11) is 0. The van der Waals surface area contributed by atoms with Crippen LogP contribution in [-0.4, -0.2) is 35.1 Å². The number of aliphatic hydroxyl groups is 1. The molecule has 1 amide bonds. The predicted molar refractivity (Wildman–Crippen MR) is 78.9 cm³/mol. The van der Waals surface area contributed by atoms with Crippen LogP contribution in [0.5, 0.6) is 0 Å². The number of nitrogens with zero attached hydrogens (tertiary/aromatic N) is 1. The molecule has 1 aliphatic carbocycles. The van der Waals surface area contributed by atoms with Gasteiger partial charge in [-0.1, -0.05) is 26.2 Å². The predicted octanol–water partition coefficient (Wildman–Crippen LogP) is 3.21. The van der Waals surface area contributed by atoms with Gasteiger partial charge >= 0.3 is 0 Å². The number of hydrogen-bond donors (Lipinski definition) is 1. The largest absolute Gasteiger partial charge is 0.393 e. The van der Waals surface area contributed by atoms with Crippen molar-refractivity contribution in [1.82, 2.24) is 4.90 Å². The van der Waals surface area contributed by atoms with Gasteiger partial charge in [0.15, 0.2) is 0 Å². The van der Waals surface area contributed by atoms with Crippen molar-refractivity contribution < 1.29 is 9.90 Å². The Bertz CT molecular complexity index is 263. The van der Waals surface area contributed by atoms with E-state index in [1.165, 1.54) is 19.3 Å². The van der Waals surface area contributed by atoms with Gasteiger partial charge in [0, 0.05) is 19.5 Å². The minimum atomic E-state index is -0.175. The van der Waals surface area contributed by atoms with Gasteiger partial charge in [-0.3, -0.25) is 4.79 Å². The van der Waals surface area contributed by atoms with Gasteiger partial charge in [-0.05, 0) is 44.9 Å². The molecule has 0 aliphatic heterocycles. The van der Waals surface area contributed by atoms with Crippen molar-refractivity contribution in [3.63, 3.8) is 0 Å². The summed E-state index contributed by atoms with van der Waals surface area (Å²) in [5.74, 6) is 1.02. The molecule has 0 spiro atoms. The third-order valence-corrected chi connectivity index (χ3v) is 4.63. The maximum Gasteiger partial charge on any atom is 0.222 e. The van der Waals surface area contributed by atoms with E-state index in [2.05, 4.69) is 6.92 Å². The first kappa shape index (κ1) is 16.5. The van der Waals surface area contributed by atoms with E-state index >= 15 is 0 Å². The van der Waals surface area contributed by atoms with Gasteiger partial charge in [0.05, 0.1) is 6.10 Å². The molecule has 0 radical (unpaired) electrons. The van der Waals surface area contributed by atoms with E-state index in [-0.39, 0.29) is 12.0 Å². The molecule has 1 fully saturated rings. The van der Waals surface area contributed by atoms with Crippen molar-refractivity contribution in [2.75, 3.05) is 13.1 Å². The fourth-order valence-corrected chi connectivity index (χ4v) is 3.37. The fraction of sp³-hybridized carbons (Fsp3) is 0.938. The third kappa shape index (κ3) is 4.79. The number of hydrogen-bond acceptors (Lipinski definition) is 2. The van der Waals surface area contributed by atoms with Gasteiger partial charge in [-0.25, -0.2) is 0 Å². The van der Waals surface area contributed by atoms with Crippen LogP contribution in [-0.2, 0) is 4.79 Å². The first-order chi connectivity index (χ1) is 9.13. The Balaban J connectivity index is 2.48. The smallest absolute Gasteiger partial charge is 0.222 e. The standard InChI is InChI=1S/C16H31NO2/c1-4-7-8-9-14-13(10-11-15(14)18)12-16(19)17(5-2)6-3/h13-15,18H,4-12H2,1-3H3. The molecule has 0 bridgehead atoms. The van der Waals surface area contributed by atoms with Crippen LogP contribution in [0.2, 0.25) is 0 Å². The summed E-state index contributed by atoms with van der Waals surface area (Å²) in [5.41, 5.74) is 0. The maximum absolute atomic E-state index is 12.2. The lowest BCUT2D eigenvalue weighted by atomic mass is 9.87. The molecule has 3 heteroatoms. The molecule has 0 aromatic heterocycles. The number of amides is 1. The number of unbranched alkanes of at least 4 members (excludes halogenated alkanes) is 2. The van der Waals surface area contributed by atoms with Gasteiger partial charge in [0.2, 0.25) is 5.91 Å². The van der Waals surface area contributed by atoms with Gasteiger partial charge in [-0.15, -0.1) is 0 Å². The Kier molecular flexibility index (Phi) is 7.44. The summed E-state index contributed by atoms with van der Waals surface area (Å²) in [6.45, 7) is 7.86. The van der Waals surface area contributed by atoms with Crippen molar-refractivity contribution in [1.29, 1.82) is 0 Å². The van der Waals surface area contributed by atoms with E-state index in [0.717, 1.165) is 32.4 Å². The minimum absolute atomic E-state index is 0.175. The molecule has 0 aromatic carbocycles. The van der Waals surface area contributed by atoms with Gasteiger partial charge < -0.3 is 10.0 Å². The Labute approximate surface area is 118 Å². The Morgan fingerprint density at radius 1 is 1.16 bits per heavy atom. The number of carbonyl (C=O) groups excluding carboxylic acids is 1. The molecule has 1 N–H and O–H groups in total. The second-order valence-corrected chi connectivity index (χ2v) is 5.83. The highest BCUT2D eigenvalue weighted by molar-refractivity contribution is 5.76. The van der Waals surface area contributed by atoms with Crippen LogP contribution < -0.4 is 0 Å². The quantitative estimate of drug-likeness (QED) is 0.687. The maximum atomic E-state index is 12.2. The normalized spacial score (nSPS) is 26.6. The van der Waals surface area contributed by atoms with E-state index in [1.807, 2.05) is 18.7 Å². The van der Waals surface area contributed by atoms with Crippen molar-refractivity contribution in [3.8, 4) is 0 Å². The molecular formula is C16H31NO2. The molecule has 1 rings (SSSR count). The lowest BCUT2D eigenvalue weighted by Crippen LogP contribution is -2.33. The van der Waals surface area contributed by atoms with Crippen LogP contribution in [0.25, 0.3) is 0 Å². The summed E-state index contributed by atoms with van der Waals surface area (Å²) in [4.78, 5) is 14.1. The van der Waals surface area contributed by atoms with Crippen molar-refractivity contribution >= 4 is 5.91 Å². The van der Waals surface area contributed by atoms with Crippen LogP contribution >= 0.6 is 0 Å². The summed E-state index contributed by atoms with van der Waals surface area (Å²) in [6, 6.07) is 0. The summed E-state index contributed by atoms with van der Waals surface area (Å²) >= 11 is 0. The number of carbonyl (C=O) groups is 1. The Morgan fingerprint density at radius 2 is 1.84 bits per heavy atom. The van der Waals surface area contributed by atoms with Crippen molar-refractivity contribution in [2.45, 2.75) is 71.8 Å². The average Bonchev–Trinajstić information content (AvgIpc) is 2.73. The summed E-state index contributed by atoms with van der Waals surface area (Å²) in [6.07, 6.45) is 7.09. The van der Waals surface area contributed by atoms with E-state index in [1.54, 1.807) is 0 Å². The zero-order chi connectivity index (χ0) is 14.3. The highest BCUT2D eigenvalue weighted by Crippen LogP contribution is 2.38. The van der Waals surface area contributed by atoms with E-state index < -0.39 is 0 Å². The van der Waals surface area contributed by atoms with Crippen molar-refractivity contribution in [2.24, 2.45) is 11.8 Å². The molecule has 3 nitrogen and oxygen atoms in total. The van der Waals surface area contributed by atoms with E-state index in [9.17, 15) is 9.90 Å². The molecule has 1 aliphatic rings. The van der Waals surface area contributed by atoms with Gasteiger partial charge in [-0.2, -0.15) is 0 Å². The van der Waals surface area contributed by atoms with E-state index in [0.29, 0.717) is 18.3 Å². The molecule has 3 atom stereocenters. The van der Waals surface area contributed by atoms with Crippen molar-refractivity contribution in [3.05, 3.63) is 0 Å². The lowest BCUT2D eigenvalue weighted by molar-refractivity contribution is -0.132. The molecule has 0 saturated heterocycles. The molecule has 1 saturated carbocycles. The summed E-state index contributed by atoms with van der Waals surface area (Å²) < 4.78 is 0. The zero-order valence-electron chi connectivity index (χ0n) is 12.9. The van der Waals surface area contributed by atoms with Gasteiger partial charge in [0.1, 0.15) is 0 Å². The first-order valence-corrected chi connectivity index (χ1v) is 8.09. The van der Waals surface area contributed by atoms with Crippen LogP contribution in [0, 0.1) is 11.8 Å². The molecule has 0 aromatic rings. The zero-order valence-corrected chi connectivity index (χ0v) is 12.9. The Morgan fingerprint density at radius 3 is 2.42 bits per heavy atom. The molecular weight excluding hydrogens is 238 g/mol.